The number of aliphatic hydroxyl groups is 1. The maximum Gasteiger partial charge on any atom is 0.303 e. The van der Waals surface area contributed by atoms with Gasteiger partial charge in [-0.15, -0.1) is 0 Å². The summed E-state index contributed by atoms with van der Waals surface area (Å²) in [5.41, 5.74) is -2.09. The number of Topliss-reactive ketones (excluding diaryl/α,β-unsaturated/α-hetero) is 1. The van der Waals surface area contributed by atoms with Gasteiger partial charge in [-0.2, -0.15) is 0 Å². The summed E-state index contributed by atoms with van der Waals surface area (Å²) in [5.74, 6) is 2.07. The Morgan fingerprint density at radius 3 is 2.32 bits per heavy atom. The molecule has 0 heterocycles. The van der Waals surface area contributed by atoms with Crippen LogP contribution < -0.4 is 0 Å². The zero-order chi connectivity index (χ0) is 28.3. The lowest BCUT2D eigenvalue weighted by molar-refractivity contribution is -0.217. The number of esters is 2. The van der Waals surface area contributed by atoms with E-state index in [4.69, 9.17) is 9.47 Å². The fraction of sp³-hybridized carbons (Fsp3) is 0.906. The molecule has 0 radical (unpaired) electrons. The molecule has 0 saturated heterocycles. The summed E-state index contributed by atoms with van der Waals surface area (Å²) >= 11 is 0. The lowest BCUT2D eigenvalue weighted by atomic mass is 9.42. The van der Waals surface area contributed by atoms with Gasteiger partial charge < -0.3 is 14.6 Å². The first-order chi connectivity index (χ1) is 17.5. The van der Waals surface area contributed by atoms with Gasteiger partial charge in [-0.05, 0) is 99.7 Å². The van der Waals surface area contributed by atoms with E-state index in [9.17, 15) is 19.5 Å². The minimum Gasteiger partial charge on any atom is -0.462 e. The van der Waals surface area contributed by atoms with Crippen LogP contribution in [0.4, 0.5) is 0 Å². The van der Waals surface area contributed by atoms with Crippen LogP contribution >= 0.6 is 0 Å². The molecule has 0 aromatic heterocycles. The Morgan fingerprint density at radius 2 is 1.68 bits per heavy atom. The van der Waals surface area contributed by atoms with Gasteiger partial charge in [0, 0.05) is 32.1 Å². The lowest BCUT2D eigenvalue weighted by Crippen LogP contribution is -2.67. The molecule has 4 fully saturated rings. The zero-order valence-electron chi connectivity index (χ0n) is 25.1. The van der Waals surface area contributed by atoms with Gasteiger partial charge in [-0.25, -0.2) is 0 Å². The van der Waals surface area contributed by atoms with Gasteiger partial charge >= 0.3 is 11.9 Å². The highest BCUT2D eigenvalue weighted by molar-refractivity contribution is 5.89. The molecular weight excluding hydrogens is 480 g/mol. The fourth-order valence-corrected chi connectivity index (χ4v) is 9.85. The second kappa shape index (κ2) is 10.2. The molecule has 1 N–H and O–H groups in total. The molecule has 6 heteroatoms. The van der Waals surface area contributed by atoms with Crippen molar-refractivity contribution in [2.75, 3.05) is 0 Å². The van der Waals surface area contributed by atoms with Crippen LogP contribution in [0.3, 0.4) is 0 Å². The maximum atomic E-state index is 13.7. The number of ketones is 1. The van der Waals surface area contributed by atoms with Crippen LogP contribution in [0.25, 0.3) is 0 Å². The van der Waals surface area contributed by atoms with E-state index in [0.717, 1.165) is 38.5 Å². The first-order valence-corrected chi connectivity index (χ1v) is 15.2. The highest BCUT2D eigenvalue weighted by Gasteiger charge is 2.68. The number of hydrogen-bond acceptors (Lipinski definition) is 6. The van der Waals surface area contributed by atoms with Crippen molar-refractivity contribution < 1.29 is 29.0 Å². The predicted octanol–water partition coefficient (Wildman–Crippen LogP) is 6.27. The summed E-state index contributed by atoms with van der Waals surface area (Å²) in [7, 11) is 0. The summed E-state index contributed by atoms with van der Waals surface area (Å²) < 4.78 is 11.1. The van der Waals surface area contributed by atoms with Crippen LogP contribution in [0, 0.1) is 46.3 Å². The minimum absolute atomic E-state index is 0.0274. The Bertz CT molecular complexity index is 942. The van der Waals surface area contributed by atoms with Crippen LogP contribution in [0.5, 0.6) is 0 Å². The van der Waals surface area contributed by atoms with Gasteiger partial charge in [0.1, 0.15) is 17.3 Å². The third kappa shape index (κ3) is 4.86. The molecule has 38 heavy (non-hydrogen) atoms. The number of carbonyl (C=O) groups excluding carboxylic acids is 3. The van der Waals surface area contributed by atoms with Gasteiger partial charge in [-0.1, -0.05) is 34.1 Å². The topological polar surface area (TPSA) is 89.9 Å². The quantitative estimate of drug-likeness (QED) is 0.389. The summed E-state index contributed by atoms with van der Waals surface area (Å²) in [6.07, 6.45) is 8.50. The van der Waals surface area contributed by atoms with E-state index in [2.05, 4.69) is 27.7 Å². The van der Waals surface area contributed by atoms with E-state index in [1.165, 1.54) is 26.7 Å². The van der Waals surface area contributed by atoms with Crippen LogP contribution in [0.15, 0.2) is 0 Å². The van der Waals surface area contributed by atoms with Crippen molar-refractivity contribution in [3.63, 3.8) is 0 Å². The number of carbonyl (C=O) groups is 3. The lowest BCUT2D eigenvalue weighted by Gasteiger charge is -2.63. The highest BCUT2D eigenvalue weighted by atomic mass is 16.6. The largest absolute Gasteiger partial charge is 0.462 e. The van der Waals surface area contributed by atoms with Gasteiger partial charge in [0.2, 0.25) is 0 Å². The molecule has 6 nitrogen and oxygen atoms in total. The Balaban J connectivity index is 1.47. The maximum absolute atomic E-state index is 13.7. The molecule has 4 aliphatic carbocycles. The molecule has 216 valence electrons. The molecule has 0 amide bonds. The van der Waals surface area contributed by atoms with E-state index in [1.54, 1.807) is 0 Å². The Hall–Kier alpha value is -1.43. The molecule has 4 saturated carbocycles. The van der Waals surface area contributed by atoms with Gasteiger partial charge in [0.05, 0.1) is 0 Å². The summed E-state index contributed by atoms with van der Waals surface area (Å²) in [5, 5.41) is 11.9. The fourth-order valence-electron chi connectivity index (χ4n) is 9.85. The van der Waals surface area contributed by atoms with Crippen molar-refractivity contribution in [2.45, 2.75) is 137 Å². The van der Waals surface area contributed by atoms with Crippen LogP contribution in [0.2, 0.25) is 0 Å². The van der Waals surface area contributed by atoms with Gasteiger partial charge in [0.15, 0.2) is 5.78 Å². The van der Waals surface area contributed by atoms with Crippen LogP contribution in [-0.4, -0.2) is 40.1 Å². The Morgan fingerprint density at radius 1 is 1.00 bits per heavy atom. The predicted molar refractivity (Wildman–Crippen MR) is 146 cm³/mol. The molecule has 0 aromatic rings. The molecule has 0 aromatic carbocycles. The monoisotopic (exact) mass is 532 g/mol. The van der Waals surface area contributed by atoms with Gasteiger partial charge in [-0.3, -0.25) is 14.4 Å². The van der Waals surface area contributed by atoms with E-state index in [-0.39, 0.29) is 41.6 Å². The summed E-state index contributed by atoms with van der Waals surface area (Å²) in [4.78, 5) is 36.8. The second-order valence-electron chi connectivity index (χ2n) is 14.6. The van der Waals surface area contributed by atoms with Crippen molar-refractivity contribution in [3.8, 4) is 0 Å². The summed E-state index contributed by atoms with van der Waals surface area (Å²) in [6, 6.07) is 0. The first-order valence-electron chi connectivity index (χ1n) is 15.2. The Labute approximate surface area is 230 Å². The first kappa shape index (κ1) is 29.6. The molecule has 0 aliphatic heterocycles. The van der Waals surface area contributed by atoms with E-state index < -0.39 is 16.6 Å². The van der Waals surface area contributed by atoms with E-state index in [1.807, 2.05) is 13.8 Å². The van der Waals surface area contributed by atoms with Crippen molar-refractivity contribution in [1.29, 1.82) is 0 Å². The number of ether oxygens (including phenoxy) is 2. The van der Waals surface area contributed by atoms with Crippen molar-refractivity contribution >= 4 is 17.7 Å². The average Bonchev–Trinajstić information content (AvgIpc) is 3.15. The average molecular weight is 533 g/mol. The molecule has 4 aliphatic rings. The van der Waals surface area contributed by atoms with Crippen LogP contribution in [-0.2, 0) is 23.9 Å². The molecule has 0 spiro atoms. The third-order valence-electron chi connectivity index (χ3n) is 12.3. The molecule has 0 unspecified atom stereocenters. The normalized spacial score (nSPS) is 42.3. The van der Waals surface area contributed by atoms with Crippen molar-refractivity contribution in [1.82, 2.24) is 0 Å². The van der Waals surface area contributed by atoms with E-state index in [0.29, 0.717) is 36.0 Å². The van der Waals surface area contributed by atoms with Crippen molar-refractivity contribution in [2.24, 2.45) is 46.3 Å². The van der Waals surface area contributed by atoms with Gasteiger partial charge in [0.25, 0.3) is 0 Å². The van der Waals surface area contributed by atoms with Crippen LogP contribution in [0.1, 0.15) is 120 Å². The molecule has 4 rings (SSSR count). The zero-order valence-corrected chi connectivity index (χ0v) is 25.1. The minimum atomic E-state index is -1.39. The summed E-state index contributed by atoms with van der Waals surface area (Å²) in [6.45, 7) is 16.1. The molecular formula is C32H52O6. The second-order valence-corrected chi connectivity index (χ2v) is 14.6. The third-order valence-corrected chi connectivity index (χ3v) is 12.3. The number of rotatable bonds is 7. The standard InChI is InChI=1S/C32H52O6/c1-19(9-10-20(2)29(5,6)38-22(4)34)25-11-12-26-24-17-28(35)32(36)18-23(37-21(3)33)13-16-31(32,8)27(24)14-15-30(25,26)7/h19-20,23-27,36H,9-18H2,1-8H3/t19-,20-,23+,24+,25-,26+,27+,30-,31-,32+/m1/s1. The SMILES string of the molecule is CC(=O)O[C@H]1CC[C@]2(C)[C@H]3CC[C@]4(C)[C@@H]([C@H](C)CC[C@@H](C)C(C)(C)OC(C)=O)CC[C@H]4[C@@H]3CC(=O)[C@@]2(O)C1. The number of hydrogen-bond donors (Lipinski definition) is 1. The number of fused-ring (bicyclic) bond motifs is 5. The molecule has 10 atom stereocenters. The van der Waals surface area contributed by atoms with Crippen molar-refractivity contribution in [3.05, 3.63) is 0 Å². The molecule has 0 bridgehead atoms. The van der Waals surface area contributed by atoms with E-state index >= 15 is 0 Å². The highest BCUT2D eigenvalue weighted by Crippen LogP contribution is 2.68. The Kier molecular flexibility index (Phi) is 7.93. The smallest absolute Gasteiger partial charge is 0.303 e.